The van der Waals surface area contributed by atoms with Crippen LogP contribution < -0.4 is 11.5 Å². The summed E-state index contributed by atoms with van der Waals surface area (Å²) in [6.07, 6.45) is 1.62. The van der Waals surface area contributed by atoms with Crippen LogP contribution in [0.4, 0.5) is 5.69 Å². The molecule has 0 aliphatic carbocycles. The van der Waals surface area contributed by atoms with Crippen LogP contribution in [-0.2, 0) is 6.54 Å². The van der Waals surface area contributed by atoms with E-state index in [0.29, 0.717) is 11.3 Å². The lowest BCUT2D eigenvalue weighted by Gasteiger charge is -2.04. The van der Waals surface area contributed by atoms with Crippen molar-refractivity contribution >= 4 is 11.6 Å². The normalized spacial score (nSPS) is 12.1. The number of amides is 1. The first kappa shape index (κ1) is 14.6. The van der Waals surface area contributed by atoms with Crippen LogP contribution in [0.2, 0.25) is 0 Å². The molecule has 4 N–H and O–H groups in total. The van der Waals surface area contributed by atoms with E-state index in [9.17, 15) is 14.9 Å². The summed E-state index contributed by atoms with van der Waals surface area (Å²) in [5.74, 6) is -0.718. The smallest absolute Gasteiger partial charge is 0.275 e. The minimum Gasteiger partial charge on any atom is -0.366 e. The maximum atomic E-state index is 11.1. The molecule has 0 saturated heterocycles. The van der Waals surface area contributed by atoms with E-state index >= 15 is 0 Å². The Morgan fingerprint density at radius 3 is 2.76 bits per heavy atom. The van der Waals surface area contributed by atoms with Crippen molar-refractivity contribution < 1.29 is 9.72 Å². The lowest BCUT2D eigenvalue weighted by molar-refractivity contribution is -0.385. The van der Waals surface area contributed by atoms with E-state index in [1.54, 1.807) is 13.1 Å². The molecular formula is C12H14N6O3. The van der Waals surface area contributed by atoms with Crippen molar-refractivity contribution in [3.05, 3.63) is 51.3 Å². The van der Waals surface area contributed by atoms with Gasteiger partial charge in [0.15, 0.2) is 0 Å². The highest BCUT2D eigenvalue weighted by molar-refractivity contribution is 5.93. The highest BCUT2D eigenvalue weighted by atomic mass is 16.6. The van der Waals surface area contributed by atoms with Crippen LogP contribution in [0, 0.1) is 10.1 Å². The van der Waals surface area contributed by atoms with Gasteiger partial charge in [-0.05, 0) is 19.1 Å². The Kier molecular flexibility index (Phi) is 3.94. The third kappa shape index (κ3) is 3.20. The fraction of sp³-hybridized carbons (Fsp3) is 0.250. The molecule has 1 heterocycles. The summed E-state index contributed by atoms with van der Waals surface area (Å²) >= 11 is 0. The van der Waals surface area contributed by atoms with E-state index in [1.165, 1.54) is 16.8 Å². The second-order valence-electron chi connectivity index (χ2n) is 4.59. The van der Waals surface area contributed by atoms with Crippen molar-refractivity contribution in [3.8, 4) is 0 Å². The van der Waals surface area contributed by atoms with E-state index in [2.05, 4.69) is 10.3 Å². The number of nitro benzene ring substituents is 1. The number of rotatable bonds is 5. The predicted molar refractivity (Wildman–Crippen MR) is 73.3 cm³/mol. The molecule has 1 atom stereocenters. The van der Waals surface area contributed by atoms with Crippen LogP contribution >= 0.6 is 0 Å². The van der Waals surface area contributed by atoms with Crippen LogP contribution in [0.25, 0.3) is 0 Å². The molecular weight excluding hydrogens is 276 g/mol. The van der Waals surface area contributed by atoms with Crippen molar-refractivity contribution in [2.24, 2.45) is 11.5 Å². The fourth-order valence-corrected chi connectivity index (χ4v) is 1.79. The summed E-state index contributed by atoms with van der Waals surface area (Å²) in [5, 5.41) is 18.8. The lowest BCUT2D eigenvalue weighted by Crippen LogP contribution is -2.12. The fourth-order valence-electron chi connectivity index (χ4n) is 1.79. The average molecular weight is 290 g/mol. The number of nitrogens with zero attached hydrogens (tertiary/aromatic N) is 4. The van der Waals surface area contributed by atoms with E-state index < -0.39 is 10.8 Å². The van der Waals surface area contributed by atoms with Crippen molar-refractivity contribution in [2.45, 2.75) is 19.5 Å². The maximum Gasteiger partial charge on any atom is 0.275 e. The van der Waals surface area contributed by atoms with Crippen molar-refractivity contribution in [3.63, 3.8) is 0 Å². The van der Waals surface area contributed by atoms with Gasteiger partial charge in [0.2, 0.25) is 5.91 Å². The summed E-state index contributed by atoms with van der Waals surface area (Å²) < 4.78 is 1.45. The SMILES string of the molecule is CC(N)c1cn(Cc2ccc(C(N)=O)cc2[N+](=O)[O-])nn1. The number of carbonyl (C=O) groups is 1. The molecule has 0 spiro atoms. The lowest BCUT2D eigenvalue weighted by atomic mass is 10.1. The van der Waals surface area contributed by atoms with Crippen molar-refractivity contribution in [1.82, 2.24) is 15.0 Å². The summed E-state index contributed by atoms with van der Waals surface area (Å²) in [7, 11) is 0. The third-order valence-electron chi connectivity index (χ3n) is 2.92. The van der Waals surface area contributed by atoms with Gasteiger partial charge in [0.25, 0.3) is 5.69 Å². The topological polar surface area (TPSA) is 143 Å². The zero-order valence-electron chi connectivity index (χ0n) is 11.3. The molecule has 9 heteroatoms. The molecule has 21 heavy (non-hydrogen) atoms. The Morgan fingerprint density at radius 2 is 2.24 bits per heavy atom. The second kappa shape index (κ2) is 5.67. The van der Waals surface area contributed by atoms with Crippen molar-refractivity contribution in [2.75, 3.05) is 0 Å². The molecule has 0 fully saturated rings. The van der Waals surface area contributed by atoms with Gasteiger partial charge < -0.3 is 11.5 Å². The van der Waals surface area contributed by atoms with Crippen LogP contribution in [0.3, 0.4) is 0 Å². The number of carbonyl (C=O) groups excluding carboxylic acids is 1. The van der Waals surface area contributed by atoms with Gasteiger partial charge in [0.1, 0.15) is 0 Å². The number of nitro groups is 1. The molecule has 1 aromatic heterocycles. The zero-order valence-corrected chi connectivity index (χ0v) is 11.3. The van der Waals surface area contributed by atoms with Gasteiger partial charge in [-0.25, -0.2) is 4.68 Å². The molecule has 2 rings (SSSR count). The third-order valence-corrected chi connectivity index (χ3v) is 2.92. The van der Waals surface area contributed by atoms with Gasteiger partial charge in [-0.2, -0.15) is 0 Å². The first-order chi connectivity index (χ1) is 9.88. The standard InChI is InChI=1S/C12H14N6O3/c1-7(13)10-6-17(16-15-10)5-9-3-2-8(12(14)19)4-11(9)18(20)21/h2-4,6-7H,5,13H2,1H3,(H2,14,19). The highest BCUT2D eigenvalue weighted by Crippen LogP contribution is 2.21. The molecule has 1 amide bonds. The van der Waals surface area contributed by atoms with Crippen molar-refractivity contribution in [1.29, 1.82) is 0 Å². The molecule has 0 bridgehead atoms. The Balaban J connectivity index is 2.34. The number of aromatic nitrogens is 3. The molecule has 110 valence electrons. The number of nitrogens with two attached hydrogens (primary N) is 2. The first-order valence-corrected chi connectivity index (χ1v) is 6.11. The summed E-state index contributed by atoms with van der Waals surface area (Å²) in [6.45, 7) is 1.91. The van der Waals surface area contributed by atoms with Crippen LogP contribution in [-0.4, -0.2) is 25.8 Å². The van der Waals surface area contributed by atoms with Gasteiger partial charge in [-0.1, -0.05) is 5.21 Å². The molecule has 2 aromatic rings. The Labute approximate surface area is 119 Å². The zero-order chi connectivity index (χ0) is 15.6. The molecule has 1 aromatic carbocycles. The van der Waals surface area contributed by atoms with Gasteiger partial charge in [-0.3, -0.25) is 14.9 Å². The van der Waals surface area contributed by atoms with Gasteiger partial charge in [0.05, 0.1) is 28.9 Å². The summed E-state index contributed by atoms with van der Waals surface area (Å²) in [4.78, 5) is 21.6. The van der Waals surface area contributed by atoms with Gasteiger partial charge in [0, 0.05) is 17.7 Å². The van der Waals surface area contributed by atoms with Gasteiger partial charge in [-0.15, -0.1) is 5.10 Å². The quantitative estimate of drug-likeness (QED) is 0.600. The predicted octanol–water partition coefficient (Wildman–Crippen LogP) is 0.353. The maximum absolute atomic E-state index is 11.1. The largest absolute Gasteiger partial charge is 0.366 e. The molecule has 0 radical (unpaired) electrons. The molecule has 0 aliphatic heterocycles. The van der Waals surface area contributed by atoms with Crippen LogP contribution in [0.1, 0.15) is 34.6 Å². The van der Waals surface area contributed by atoms with Gasteiger partial charge >= 0.3 is 0 Å². The minimum absolute atomic E-state index is 0.0836. The summed E-state index contributed by atoms with van der Waals surface area (Å²) in [6, 6.07) is 3.80. The number of hydrogen-bond acceptors (Lipinski definition) is 6. The molecule has 1 unspecified atom stereocenters. The van der Waals surface area contributed by atoms with E-state index in [1.807, 2.05) is 0 Å². The van der Waals surface area contributed by atoms with Crippen LogP contribution in [0.15, 0.2) is 24.4 Å². The molecule has 9 nitrogen and oxygen atoms in total. The average Bonchev–Trinajstić information content (AvgIpc) is 2.87. The molecule has 0 aliphatic rings. The second-order valence-corrected chi connectivity index (χ2v) is 4.59. The minimum atomic E-state index is -0.718. The number of primary amides is 1. The number of benzene rings is 1. The first-order valence-electron chi connectivity index (χ1n) is 6.11. The number of hydrogen-bond donors (Lipinski definition) is 2. The van der Waals surface area contributed by atoms with E-state index in [-0.39, 0.29) is 23.8 Å². The molecule has 0 saturated carbocycles. The van der Waals surface area contributed by atoms with E-state index in [0.717, 1.165) is 6.07 Å². The Morgan fingerprint density at radius 1 is 1.52 bits per heavy atom. The van der Waals surface area contributed by atoms with E-state index in [4.69, 9.17) is 11.5 Å². The highest BCUT2D eigenvalue weighted by Gasteiger charge is 2.17. The monoisotopic (exact) mass is 290 g/mol. The Hall–Kier alpha value is -2.81. The van der Waals surface area contributed by atoms with Crippen LogP contribution in [0.5, 0.6) is 0 Å². The summed E-state index contributed by atoms with van der Waals surface area (Å²) in [5.41, 5.74) is 11.7. The Bertz CT molecular complexity index is 694.